The first-order valence-corrected chi connectivity index (χ1v) is 7.28. The Morgan fingerprint density at radius 2 is 2.00 bits per heavy atom. The highest BCUT2D eigenvalue weighted by Gasteiger charge is 2.32. The number of hydrogen-bond donors (Lipinski definition) is 1. The molecule has 1 aromatic carbocycles. The van der Waals surface area contributed by atoms with E-state index in [9.17, 15) is 4.79 Å². The number of Topliss-reactive ketones (excluding diaryl/α,β-unsaturated/α-hetero) is 1. The van der Waals surface area contributed by atoms with Crippen LogP contribution >= 0.6 is 0 Å². The lowest BCUT2D eigenvalue weighted by Crippen LogP contribution is -2.28. The number of carbonyl (C=O) groups excluding carboxylic acids is 1. The molecule has 5 nitrogen and oxygen atoms in total. The van der Waals surface area contributed by atoms with Crippen molar-refractivity contribution in [1.82, 2.24) is 9.97 Å². The van der Waals surface area contributed by atoms with Crippen LogP contribution in [0.2, 0.25) is 0 Å². The predicted octanol–water partition coefficient (Wildman–Crippen LogP) is 3.38. The first kappa shape index (κ1) is 14.5. The summed E-state index contributed by atoms with van der Waals surface area (Å²) in [7, 11) is 1.62. The van der Waals surface area contributed by atoms with Crippen molar-refractivity contribution in [2.45, 2.75) is 26.7 Å². The molecule has 0 bridgehead atoms. The summed E-state index contributed by atoms with van der Waals surface area (Å²) in [6.45, 7) is 4.17. The molecular weight excluding hydrogens is 278 g/mol. The molecule has 0 fully saturated rings. The summed E-state index contributed by atoms with van der Waals surface area (Å²) < 4.78 is 5.31. The summed E-state index contributed by atoms with van der Waals surface area (Å²) in [5.41, 5.74) is 2.20. The van der Waals surface area contributed by atoms with Crippen LogP contribution in [-0.2, 0) is 6.42 Å². The minimum Gasteiger partial charge on any atom is -0.495 e. The quantitative estimate of drug-likeness (QED) is 0.941. The van der Waals surface area contributed by atoms with E-state index in [0.717, 1.165) is 23.6 Å². The highest BCUT2D eigenvalue weighted by molar-refractivity contribution is 5.98. The van der Waals surface area contributed by atoms with Gasteiger partial charge in [-0.3, -0.25) is 4.79 Å². The maximum absolute atomic E-state index is 12.2. The van der Waals surface area contributed by atoms with Gasteiger partial charge in [0.05, 0.1) is 24.1 Å². The van der Waals surface area contributed by atoms with E-state index < -0.39 is 0 Å². The third-order valence-corrected chi connectivity index (χ3v) is 3.81. The molecule has 1 aromatic heterocycles. The Balaban J connectivity index is 1.92. The van der Waals surface area contributed by atoms with Gasteiger partial charge in [0.25, 0.3) is 0 Å². The lowest BCUT2D eigenvalue weighted by Gasteiger charge is -2.29. The molecule has 0 radical (unpaired) electrons. The first-order valence-electron chi connectivity index (χ1n) is 7.28. The predicted molar refractivity (Wildman–Crippen MR) is 84.7 cm³/mol. The first-order chi connectivity index (χ1) is 10.5. The largest absolute Gasteiger partial charge is 0.495 e. The van der Waals surface area contributed by atoms with Crippen LogP contribution in [-0.4, -0.2) is 22.9 Å². The van der Waals surface area contributed by atoms with Crippen LogP contribution in [0.4, 0.5) is 11.6 Å². The fraction of sp³-hybridized carbons (Fsp3) is 0.353. The minimum absolute atomic E-state index is 0.0554. The normalized spacial score (nSPS) is 16.0. The number of para-hydroxylation sites is 2. The van der Waals surface area contributed by atoms with Crippen molar-refractivity contribution in [3.05, 3.63) is 41.7 Å². The number of anilines is 2. The summed E-state index contributed by atoms with van der Waals surface area (Å²) >= 11 is 0. The van der Waals surface area contributed by atoms with E-state index in [1.165, 1.54) is 0 Å². The molecule has 114 valence electrons. The van der Waals surface area contributed by atoms with Crippen molar-refractivity contribution >= 4 is 17.4 Å². The number of ketones is 1. The van der Waals surface area contributed by atoms with Crippen LogP contribution in [0.1, 0.15) is 36.3 Å². The van der Waals surface area contributed by atoms with Crippen LogP contribution in [0.25, 0.3) is 0 Å². The Kier molecular flexibility index (Phi) is 3.56. The summed E-state index contributed by atoms with van der Waals surface area (Å²) in [5.74, 6) is 1.32. The summed E-state index contributed by atoms with van der Waals surface area (Å²) in [4.78, 5) is 20.9. The van der Waals surface area contributed by atoms with Gasteiger partial charge >= 0.3 is 0 Å². The Labute approximate surface area is 129 Å². The van der Waals surface area contributed by atoms with Gasteiger partial charge in [0.2, 0.25) is 5.95 Å². The number of methoxy groups -OCH3 is 1. The molecule has 0 atom stereocenters. The lowest BCUT2D eigenvalue weighted by molar-refractivity contribution is 0.0910. The number of nitrogens with one attached hydrogen (secondary N) is 1. The zero-order valence-electron chi connectivity index (χ0n) is 13.0. The van der Waals surface area contributed by atoms with Crippen molar-refractivity contribution in [2.75, 3.05) is 12.4 Å². The molecule has 2 aromatic rings. The Morgan fingerprint density at radius 3 is 2.77 bits per heavy atom. The third-order valence-electron chi connectivity index (χ3n) is 3.81. The summed E-state index contributed by atoms with van der Waals surface area (Å²) in [6.07, 6.45) is 2.94. The van der Waals surface area contributed by atoms with Gasteiger partial charge in [-0.1, -0.05) is 26.0 Å². The highest BCUT2D eigenvalue weighted by atomic mass is 16.5. The number of rotatable bonds is 3. The van der Waals surface area contributed by atoms with E-state index in [2.05, 4.69) is 29.1 Å². The lowest BCUT2D eigenvalue weighted by atomic mass is 9.76. The molecule has 1 aliphatic carbocycles. The molecule has 5 heteroatoms. The van der Waals surface area contributed by atoms with Crippen LogP contribution < -0.4 is 10.1 Å². The molecule has 0 aliphatic heterocycles. The van der Waals surface area contributed by atoms with E-state index in [4.69, 9.17) is 4.74 Å². The van der Waals surface area contributed by atoms with Gasteiger partial charge < -0.3 is 10.1 Å². The minimum atomic E-state index is -0.0554. The molecule has 1 aliphatic rings. The van der Waals surface area contributed by atoms with E-state index in [-0.39, 0.29) is 11.2 Å². The van der Waals surface area contributed by atoms with Gasteiger partial charge in [-0.25, -0.2) is 9.97 Å². The van der Waals surface area contributed by atoms with Crippen LogP contribution in [0.15, 0.2) is 30.5 Å². The smallest absolute Gasteiger partial charge is 0.227 e. The van der Waals surface area contributed by atoms with Crippen molar-refractivity contribution in [2.24, 2.45) is 5.41 Å². The molecule has 0 saturated carbocycles. The van der Waals surface area contributed by atoms with Crippen LogP contribution in [0.5, 0.6) is 5.75 Å². The number of aromatic nitrogens is 2. The Bertz CT molecular complexity index is 726. The average molecular weight is 297 g/mol. The SMILES string of the molecule is COc1ccccc1Nc1ncc2c(n1)CC(C)(C)CC2=O. The number of fused-ring (bicyclic) bond motifs is 1. The van der Waals surface area contributed by atoms with E-state index in [1.54, 1.807) is 13.3 Å². The van der Waals surface area contributed by atoms with Gasteiger partial charge in [0.15, 0.2) is 5.78 Å². The molecule has 0 amide bonds. The highest BCUT2D eigenvalue weighted by Crippen LogP contribution is 2.34. The second kappa shape index (κ2) is 5.40. The van der Waals surface area contributed by atoms with Gasteiger partial charge in [0.1, 0.15) is 5.75 Å². The summed E-state index contributed by atoms with van der Waals surface area (Å²) in [5, 5.41) is 3.16. The van der Waals surface area contributed by atoms with Gasteiger partial charge in [-0.05, 0) is 24.0 Å². The average Bonchev–Trinajstić information content (AvgIpc) is 2.46. The van der Waals surface area contributed by atoms with Crippen molar-refractivity contribution < 1.29 is 9.53 Å². The standard InChI is InChI=1S/C17H19N3O2/c1-17(2)8-13-11(14(21)9-17)10-18-16(20-13)19-12-6-4-5-7-15(12)22-3/h4-7,10H,8-9H2,1-3H3,(H,18,19,20). The second-order valence-corrected chi connectivity index (χ2v) is 6.32. The molecule has 0 saturated heterocycles. The zero-order valence-corrected chi connectivity index (χ0v) is 13.0. The fourth-order valence-electron chi connectivity index (χ4n) is 2.76. The number of benzene rings is 1. The van der Waals surface area contributed by atoms with E-state index in [0.29, 0.717) is 17.9 Å². The zero-order chi connectivity index (χ0) is 15.7. The third kappa shape index (κ3) is 2.79. The van der Waals surface area contributed by atoms with Gasteiger partial charge in [-0.2, -0.15) is 0 Å². The monoisotopic (exact) mass is 297 g/mol. The maximum atomic E-state index is 12.2. The molecule has 1 N–H and O–H groups in total. The van der Waals surface area contributed by atoms with Crippen LogP contribution in [0.3, 0.4) is 0 Å². The molecular formula is C17H19N3O2. The number of ether oxygens (including phenoxy) is 1. The Morgan fingerprint density at radius 1 is 1.23 bits per heavy atom. The van der Waals surface area contributed by atoms with E-state index >= 15 is 0 Å². The Hall–Kier alpha value is -2.43. The molecule has 1 heterocycles. The van der Waals surface area contributed by atoms with Gasteiger partial charge in [0, 0.05) is 12.6 Å². The molecule has 0 unspecified atom stereocenters. The number of nitrogens with zero attached hydrogens (tertiary/aromatic N) is 2. The van der Waals surface area contributed by atoms with Gasteiger partial charge in [-0.15, -0.1) is 0 Å². The fourth-order valence-corrected chi connectivity index (χ4v) is 2.76. The number of hydrogen-bond acceptors (Lipinski definition) is 5. The van der Waals surface area contributed by atoms with Crippen molar-refractivity contribution in [3.8, 4) is 5.75 Å². The number of carbonyl (C=O) groups is 1. The van der Waals surface area contributed by atoms with Crippen molar-refractivity contribution in [3.63, 3.8) is 0 Å². The second-order valence-electron chi connectivity index (χ2n) is 6.32. The summed E-state index contributed by atoms with van der Waals surface area (Å²) in [6, 6.07) is 7.58. The maximum Gasteiger partial charge on any atom is 0.227 e. The van der Waals surface area contributed by atoms with Crippen molar-refractivity contribution in [1.29, 1.82) is 0 Å². The topological polar surface area (TPSA) is 64.1 Å². The molecule has 22 heavy (non-hydrogen) atoms. The molecule has 3 rings (SSSR count). The molecule has 0 spiro atoms. The van der Waals surface area contributed by atoms with E-state index in [1.807, 2.05) is 24.3 Å². The van der Waals surface area contributed by atoms with Crippen LogP contribution in [0, 0.1) is 5.41 Å².